The van der Waals surface area contributed by atoms with E-state index in [1.165, 1.54) is 16.9 Å². The van der Waals surface area contributed by atoms with Gasteiger partial charge < -0.3 is 9.80 Å². The fourth-order valence-electron chi connectivity index (χ4n) is 3.31. The lowest BCUT2D eigenvalue weighted by Crippen LogP contribution is -2.50. The number of amides is 2. The molecule has 0 saturated carbocycles. The Labute approximate surface area is 170 Å². The molecule has 1 aliphatic rings. The van der Waals surface area contributed by atoms with Gasteiger partial charge in [-0.3, -0.25) is 14.4 Å². The minimum absolute atomic E-state index is 0.0120. The van der Waals surface area contributed by atoms with Crippen LogP contribution >= 0.6 is 11.3 Å². The van der Waals surface area contributed by atoms with Gasteiger partial charge in [0.2, 0.25) is 5.91 Å². The van der Waals surface area contributed by atoms with Gasteiger partial charge in [0.15, 0.2) is 5.78 Å². The van der Waals surface area contributed by atoms with Gasteiger partial charge in [-0.1, -0.05) is 19.1 Å². The van der Waals surface area contributed by atoms with Crippen molar-refractivity contribution in [1.82, 2.24) is 9.80 Å². The molecule has 0 spiro atoms. The molecule has 148 valence electrons. The first-order valence-electron chi connectivity index (χ1n) is 9.73. The number of carbonyl (C=O) groups excluding carboxylic acids is 3. The smallest absolute Gasteiger partial charge is 0.253 e. The van der Waals surface area contributed by atoms with Crippen LogP contribution < -0.4 is 0 Å². The van der Waals surface area contributed by atoms with Crippen LogP contribution in [0, 0.1) is 6.92 Å². The SMILES string of the molecule is CCc1ccc(C(=O)N2CCN(C(=O)CCC(=O)c3ccc(C)s3)CC2)cc1. The zero-order chi connectivity index (χ0) is 20.1. The molecule has 2 aromatic rings. The number of hydrogen-bond donors (Lipinski definition) is 0. The summed E-state index contributed by atoms with van der Waals surface area (Å²) < 4.78 is 0. The van der Waals surface area contributed by atoms with E-state index in [4.69, 9.17) is 0 Å². The molecule has 1 aliphatic heterocycles. The lowest BCUT2D eigenvalue weighted by atomic mass is 10.1. The van der Waals surface area contributed by atoms with Crippen LogP contribution in [0.3, 0.4) is 0 Å². The van der Waals surface area contributed by atoms with Crippen LogP contribution in [0.1, 0.15) is 50.2 Å². The van der Waals surface area contributed by atoms with Crippen molar-refractivity contribution in [3.8, 4) is 0 Å². The first-order valence-corrected chi connectivity index (χ1v) is 10.5. The molecule has 0 unspecified atom stereocenters. The van der Waals surface area contributed by atoms with Crippen molar-refractivity contribution in [3.05, 3.63) is 57.3 Å². The Morgan fingerprint density at radius 2 is 1.54 bits per heavy atom. The molecule has 6 heteroatoms. The van der Waals surface area contributed by atoms with Gasteiger partial charge in [-0.25, -0.2) is 0 Å². The zero-order valence-corrected chi connectivity index (χ0v) is 17.3. The first-order chi connectivity index (χ1) is 13.5. The highest BCUT2D eigenvalue weighted by Gasteiger charge is 2.25. The number of hydrogen-bond acceptors (Lipinski definition) is 4. The third-order valence-corrected chi connectivity index (χ3v) is 6.15. The third-order valence-electron chi connectivity index (χ3n) is 5.11. The van der Waals surface area contributed by atoms with Crippen LogP contribution in [-0.4, -0.2) is 53.6 Å². The largest absolute Gasteiger partial charge is 0.339 e. The molecule has 0 N–H and O–H groups in total. The van der Waals surface area contributed by atoms with Crippen molar-refractivity contribution in [2.24, 2.45) is 0 Å². The Bertz CT molecular complexity index is 849. The predicted octanol–water partition coefficient (Wildman–Crippen LogP) is 3.57. The van der Waals surface area contributed by atoms with Gasteiger partial charge >= 0.3 is 0 Å². The van der Waals surface area contributed by atoms with Crippen molar-refractivity contribution in [1.29, 1.82) is 0 Å². The number of carbonyl (C=O) groups is 3. The summed E-state index contributed by atoms with van der Waals surface area (Å²) in [5, 5.41) is 0. The highest BCUT2D eigenvalue weighted by Crippen LogP contribution is 2.18. The van der Waals surface area contributed by atoms with Gasteiger partial charge in [0, 0.05) is 49.5 Å². The maximum Gasteiger partial charge on any atom is 0.253 e. The normalized spacial score (nSPS) is 14.2. The molecule has 1 saturated heterocycles. The molecular weight excluding hydrogens is 372 g/mol. The highest BCUT2D eigenvalue weighted by molar-refractivity contribution is 7.14. The summed E-state index contributed by atoms with van der Waals surface area (Å²) in [7, 11) is 0. The van der Waals surface area contributed by atoms with E-state index in [-0.39, 0.29) is 30.4 Å². The van der Waals surface area contributed by atoms with Crippen LogP contribution in [0.2, 0.25) is 0 Å². The number of nitrogens with zero attached hydrogens (tertiary/aromatic N) is 2. The zero-order valence-electron chi connectivity index (χ0n) is 16.4. The van der Waals surface area contributed by atoms with Crippen LogP contribution in [0.25, 0.3) is 0 Å². The average Bonchev–Trinajstić information content (AvgIpc) is 3.18. The van der Waals surface area contributed by atoms with Crippen molar-refractivity contribution in [2.45, 2.75) is 33.1 Å². The van der Waals surface area contributed by atoms with Crippen molar-refractivity contribution in [3.63, 3.8) is 0 Å². The summed E-state index contributed by atoms with van der Waals surface area (Å²) in [4.78, 5) is 42.6. The predicted molar refractivity (Wildman–Crippen MR) is 111 cm³/mol. The molecule has 1 aromatic heterocycles. The number of rotatable bonds is 6. The van der Waals surface area contributed by atoms with E-state index < -0.39 is 0 Å². The molecule has 3 rings (SSSR count). The highest BCUT2D eigenvalue weighted by atomic mass is 32.1. The van der Waals surface area contributed by atoms with Gasteiger partial charge in [-0.15, -0.1) is 11.3 Å². The van der Waals surface area contributed by atoms with Crippen LogP contribution in [-0.2, 0) is 11.2 Å². The molecule has 0 aliphatic carbocycles. The first kappa shape index (κ1) is 20.3. The summed E-state index contributed by atoms with van der Waals surface area (Å²) in [6.07, 6.45) is 1.41. The Morgan fingerprint density at radius 1 is 0.893 bits per heavy atom. The van der Waals surface area contributed by atoms with E-state index in [9.17, 15) is 14.4 Å². The monoisotopic (exact) mass is 398 g/mol. The standard InChI is InChI=1S/C22H26N2O3S/c1-3-17-5-7-18(8-6-17)22(27)24-14-12-23(13-15-24)21(26)11-9-19(25)20-10-4-16(2)28-20/h4-8,10H,3,9,11-15H2,1-2H3. The topological polar surface area (TPSA) is 57.7 Å². The van der Waals surface area contributed by atoms with Crippen LogP contribution in [0.5, 0.6) is 0 Å². The Morgan fingerprint density at radius 3 is 2.11 bits per heavy atom. The molecule has 0 atom stereocenters. The van der Waals surface area contributed by atoms with Gasteiger partial charge in [0.05, 0.1) is 4.88 Å². The number of ketones is 1. The summed E-state index contributed by atoms with van der Waals surface area (Å²) in [6.45, 7) is 6.14. The molecular formula is C22H26N2O3S. The van der Waals surface area contributed by atoms with E-state index in [2.05, 4.69) is 6.92 Å². The second-order valence-electron chi connectivity index (χ2n) is 7.06. The van der Waals surface area contributed by atoms with Crippen molar-refractivity contribution >= 4 is 28.9 Å². The maximum absolute atomic E-state index is 12.6. The molecule has 1 fully saturated rings. The minimum Gasteiger partial charge on any atom is -0.339 e. The van der Waals surface area contributed by atoms with Crippen molar-refractivity contribution < 1.29 is 14.4 Å². The Hall–Kier alpha value is -2.47. The molecule has 2 heterocycles. The van der Waals surface area contributed by atoms with Crippen molar-refractivity contribution in [2.75, 3.05) is 26.2 Å². The third kappa shape index (κ3) is 4.87. The second kappa shape index (κ2) is 9.15. The maximum atomic E-state index is 12.6. The minimum atomic E-state index is -0.0129. The summed E-state index contributed by atoms with van der Waals surface area (Å²) in [6, 6.07) is 11.5. The molecule has 1 aromatic carbocycles. The number of thiophene rings is 1. The van der Waals surface area contributed by atoms with Gasteiger partial charge in [0.25, 0.3) is 5.91 Å². The van der Waals surface area contributed by atoms with E-state index in [0.29, 0.717) is 31.7 Å². The van der Waals surface area contributed by atoms with E-state index in [0.717, 1.165) is 16.2 Å². The number of aryl methyl sites for hydroxylation is 2. The quantitative estimate of drug-likeness (QED) is 0.699. The molecule has 28 heavy (non-hydrogen) atoms. The second-order valence-corrected chi connectivity index (χ2v) is 8.34. The fourth-order valence-corrected chi connectivity index (χ4v) is 4.15. The van der Waals surface area contributed by atoms with E-state index in [1.807, 2.05) is 43.3 Å². The number of piperazine rings is 1. The van der Waals surface area contributed by atoms with E-state index in [1.54, 1.807) is 9.80 Å². The van der Waals surface area contributed by atoms with E-state index >= 15 is 0 Å². The van der Waals surface area contributed by atoms with Crippen LogP contribution in [0.15, 0.2) is 36.4 Å². The van der Waals surface area contributed by atoms with Gasteiger partial charge in [-0.2, -0.15) is 0 Å². The lowest BCUT2D eigenvalue weighted by molar-refractivity contribution is -0.132. The fraction of sp³-hybridized carbons (Fsp3) is 0.409. The van der Waals surface area contributed by atoms with Gasteiger partial charge in [-0.05, 0) is 43.2 Å². The number of benzene rings is 1. The Balaban J connectivity index is 1.46. The molecule has 0 radical (unpaired) electrons. The van der Waals surface area contributed by atoms with Gasteiger partial charge in [0.1, 0.15) is 0 Å². The Kier molecular flexibility index (Phi) is 6.62. The summed E-state index contributed by atoms with van der Waals surface area (Å²) in [5.74, 6) is 0.0230. The molecule has 5 nitrogen and oxygen atoms in total. The average molecular weight is 399 g/mol. The van der Waals surface area contributed by atoms with Crippen LogP contribution in [0.4, 0.5) is 0 Å². The lowest BCUT2D eigenvalue weighted by Gasteiger charge is -2.35. The number of Topliss-reactive ketones (excluding diaryl/α,β-unsaturated/α-hetero) is 1. The summed E-state index contributed by atoms with van der Waals surface area (Å²) >= 11 is 1.47. The summed E-state index contributed by atoms with van der Waals surface area (Å²) in [5.41, 5.74) is 1.90. The molecule has 2 amide bonds. The molecule has 0 bridgehead atoms.